The lowest BCUT2D eigenvalue weighted by atomic mass is 9.99. The van der Waals surface area contributed by atoms with E-state index in [2.05, 4.69) is 33.4 Å². The molecule has 0 aliphatic heterocycles. The van der Waals surface area contributed by atoms with Crippen LogP contribution in [-0.4, -0.2) is 7.05 Å². The van der Waals surface area contributed by atoms with Crippen LogP contribution in [-0.2, 0) is 0 Å². The van der Waals surface area contributed by atoms with Crippen LogP contribution in [0.5, 0.6) is 0 Å². The molecule has 0 bridgehead atoms. The molecule has 0 heterocycles. The molecule has 2 rings (SSSR count). The maximum atomic E-state index is 6.06. The number of halogens is 3. The molecule has 1 N–H and O–H groups in total. The third-order valence-electron chi connectivity index (χ3n) is 2.77. The van der Waals surface area contributed by atoms with Gasteiger partial charge in [0.1, 0.15) is 0 Å². The van der Waals surface area contributed by atoms with Gasteiger partial charge in [-0.05, 0) is 42.4 Å². The van der Waals surface area contributed by atoms with Gasteiger partial charge >= 0.3 is 0 Å². The monoisotopic (exact) mass is 343 g/mol. The van der Waals surface area contributed by atoms with E-state index in [1.165, 1.54) is 5.56 Å². The molecule has 2 aromatic carbocycles. The van der Waals surface area contributed by atoms with E-state index in [-0.39, 0.29) is 6.04 Å². The van der Waals surface area contributed by atoms with Gasteiger partial charge in [0.25, 0.3) is 0 Å². The van der Waals surface area contributed by atoms with Crippen LogP contribution in [0.3, 0.4) is 0 Å². The van der Waals surface area contributed by atoms with Crippen molar-refractivity contribution in [3.8, 4) is 0 Å². The van der Waals surface area contributed by atoms with E-state index in [0.717, 1.165) is 10.0 Å². The van der Waals surface area contributed by atoms with Gasteiger partial charge in [-0.15, -0.1) is 0 Å². The highest BCUT2D eigenvalue weighted by atomic mass is 79.9. The molecular weight excluding hydrogens is 333 g/mol. The first-order valence-electron chi connectivity index (χ1n) is 5.49. The molecule has 0 saturated carbocycles. The van der Waals surface area contributed by atoms with Crippen LogP contribution in [0.2, 0.25) is 10.0 Å². The Morgan fingerprint density at radius 2 is 1.56 bits per heavy atom. The van der Waals surface area contributed by atoms with Crippen molar-refractivity contribution in [2.45, 2.75) is 6.04 Å². The Labute approximate surface area is 125 Å². The van der Waals surface area contributed by atoms with E-state index in [1.54, 1.807) is 0 Å². The number of rotatable bonds is 3. The van der Waals surface area contributed by atoms with Crippen molar-refractivity contribution >= 4 is 39.1 Å². The van der Waals surface area contributed by atoms with Crippen LogP contribution in [0, 0.1) is 0 Å². The summed E-state index contributed by atoms with van der Waals surface area (Å²) in [6.45, 7) is 0. The van der Waals surface area contributed by atoms with Crippen molar-refractivity contribution in [1.82, 2.24) is 5.32 Å². The van der Waals surface area contributed by atoms with Crippen molar-refractivity contribution in [3.05, 3.63) is 68.1 Å². The van der Waals surface area contributed by atoms with Crippen molar-refractivity contribution in [2.75, 3.05) is 7.05 Å². The van der Waals surface area contributed by atoms with Crippen molar-refractivity contribution in [1.29, 1.82) is 0 Å². The summed E-state index contributed by atoms with van der Waals surface area (Å²) in [7, 11) is 1.93. The predicted molar refractivity (Wildman–Crippen MR) is 81.5 cm³/mol. The summed E-state index contributed by atoms with van der Waals surface area (Å²) in [5.74, 6) is 0. The number of hydrogen-bond donors (Lipinski definition) is 1. The maximum Gasteiger partial charge on any atom is 0.0595 e. The molecule has 94 valence electrons. The highest BCUT2D eigenvalue weighted by Crippen LogP contribution is 2.29. The Hall–Kier alpha value is -0.540. The summed E-state index contributed by atoms with van der Waals surface area (Å²) in [5.41, 5.74) is 2.27. The zero-order chi connectivity index (χ0) is 13.1. The molecule has 1 nitrogen and oxygen atoms in total. The molecule has 18 heavy (non-hydrogen) atoms. The van der Waals surface area contributed by atoms with Crippen molar-refractivity contribution < 1.29 is 0 Å². The molecule has 0 aliphatic rings. The van der Waals surface area contributed by atoms with Gasteiger partial charge in [0.15, 0.2) is 0 Å². The first-order valence-corrected chi connectivity index (χ1v) is 7.04. The van der Waals surface area contributed by atoms with Crippen LogP contribution in [0.25, 0.3) is 0 Å². The van der Waals surface area contributed by atoms with Crippen molar-refractivity contribution in [3.63, 3.8) is 0 Å². The maximum absolute atomic E-state index is 6.06. The highest BCUT2D eigenvalue weighted by Gasteiger charge is 2.12. The normalized spacial score (nSPS) is 12.4. The number of hydrogen-bond acceptors (Lipinski definition) is 1. The van der Waals surface area contributed by atoms with Crippen LogP contribution in [0.1, 0.15) is 17.2 Å². The first kappa shape index (κ1) is 13.9. The fourth-order valence-corrected chi connectivity index (χ4v) is 2.44. The average Bonchev–Trinajstić information content (AvgIpc) is 2.37. The number of benzene rings is 2. The average molecular weight is 345 g/mol. The van der Waals surface area contributed by atoms with E-state index in [9.17, 15) is 0 Å². The molecule has 4 heteroatoms. The van der Waals surface area contributed by atoms with Gasteiger partial charge in [-0.1, -0.05) is 57.3 Å². The lowest BCUT2D eigenvalue weighted by molar-refractivity contribution is 0.692. The molecule has 0 aliphatic carbocycles. The fraction of sp³-hybridized carbons (Fsp3) is 0.143. The van der Waals surface area contributed by atoms with E-state index in [1.807, 2.05) is 37.4 Å². The Kier molecular flexibility index (Phi) is 4.68. The summed E-state index contributed by atoms with van der Waals surface area (Å²) in [5, 5.41) is 4.43. The van der Waals surface area contributed by atoms with Gasteiger partial charge in [-0.2, -0.15) is 0 Å². The summed E-state index contributed by atoms with van der Waals surface area (Å²) in [6, 6.07) is 14.0. The summed E-state index contributed by atoms with van der Waals surface area (Å²) in [6.07, 6.45) is 0. The molecular formula is C14H12BrCl2N. The Morgan fingerprint density at radius 3 is 2.11 bits per heavy atom. The number of nitrogens with one attached hydrogen (secondary N) is 1. The molecule has 0 spiro atoms. The largest absolute Gasteiger partial charge is 0.309 e. The first-order chi connectivity index (χ1) is 8.61. The summed E-state index contributed by atoms with van der Waals surface area (Å²) >= 11 is 15.4. The van der Waals surface area contributed by atoms with Gasteiger partial charge in [-0.25, -0.2) is 0 Å². The smallest absolute Gasteiger partial charge is 0.0595 e. The second kappa shape index (κ2) is 6.07. The molecule has 0 amide bonds. The van der Waals surface area contributed by atoms with Crippen molar-refractivity contribution in [2.24, 2.45) is 0 Å². The minimum absolute atomic E-state index is 0.105. The highest BCUT2D eigenvalue weighted by molar-refractivity contribution is 9.10. The zero-order valence-electron chi connectivity index (χ0n) is 9.75. The fourth-order valence-electron chi connectivity index (χ4n) is 1.87. The lowest BCUT2D eigenvalue weighted by Gasteiger charge is -2.18. The Morgan fingerprint density at radius 1 is 0.944 bits per heavy atom. The Bertz CT molecular complexity index is 540. The molecule has 0 fully saturated rings. The zero-order valence-corrected chi connectivity index (χ0v) is 12.9. The van der Waals surface area contributed by atoms with E-state index >= 15 is 0 Å². The summed E-state index contributed by atoms with van der Waals surface area (Å²) < 4.78 is 1.07. The topological polar surface area (TPSA) is 12.0 Å². The molecule has 2 aromatic rings. The lowest BCUT2D eigenvalue weighted by Crippen LogP contribution is -2.17. The molecule has 0 saturated heterocycles. The second-order valence-corrected chi connectivity index (χ2v) is 5.68. The third kappa shape index (κ3) is 3.07. The molecule has 1 unspecified atom stereocenters. The van der Waals surface area contributed by atoms with Crippen LogP contribution >= 0.6 is 39.1 Å². The predicted octanol–water partition coefficient (Wildman–Crippen LogP) is 5.06. The van der Waals surface area contributed by atoms with Crippen LogP contribution in [0.15, 0.2) is 46.9 Å². The third-order valence-corrected chi connectivity index (χ3v) is 4.04. The minimum atomic E-state index is 0.105. The molecule has 1 atom stereocenters. The van der Waals surface area contributed by atoms with Crippen LogP contribution in [0.4, 0.5) is 0 Å². The van der Waals surface area contributed by atoms with Gasteiger partial charge < -0.3 is 5.32 Å². The SMILES string of the molecule is CNC(c1ccc(Br)cc1)c1ccc(Cl)c(Cl)c1. The van der Waals surface area contributed by atoms with Gasteiger partial charge in [0.2, 0.25) is 0 Å². The Balaban J connectivity index is 2.38. The standard InChI is InChI=1S/C14H12BrCl2N/c1-18-14(9-2-5-11(15)6-3-9)10-4-7-12(16)13(17)8-10/h2-8,14,18H,1H3. The van der Waals surface area contributed by atoms with Gasteiger partial charge in [0, 0.05) is 4.47 Å². The van der Waals surface area contributed by atoms with Gasteiger partial charge in [-0.3, -0.25) is 0 Å². The molecule has 0 aromatic heterocycles. The van der Waals surface area contributed by atoms with E-state index < -0.39 is 0 Å². The second-order valence-electron chi connectivity index (χ2n) is 3.95. The van der Waals surface area contributed by atoms with E-state index in [0.29, 0.717) is 10.0 Å². The van der Waals surface area contributed by atoms with Gasteiger partial charge in [0.05, 0.1) is 16.1 Å². The quantitative estimate of drug-likeness (QED) is 0.820. The van der Waals surface area contributed by atoms with E-state index in [4.69, 9.17) is 23.2 Å². The van der Waals surface area contributed by atoms with Crippen LogP contribution < -0.4 is 5.32 Å². The minimum Gasteiger partial charge on any atom is -0.309 e. The molecule has 0 radical (unpaired) electrons. The summed E-state index contributed by atoms with van der Waals surface area (Å²) in [4.78, 5) is 0.